The fraction of sp³-hybridized carbons (Fsp3) is 0.619. The van der Waals surface area contributed by atoms with Crippen LogP contribution in [0.15, 0.2) is 24.3 Å². The van der Waals surface area contributed by atoms with Crippen molar-refractivity contribution in [2.45, 2.75) is 45.2 Å². The molecular formula is C21H32N2O4. The highest BCUT2D eigenvalue weighted by molar-refractivity contribution is 5.86. The maximum Gasteiger partial charge on any atom is 0.326 e. The molecule has 1 fully saturated rings. The Labute approximate surface area is 162 Å². The molecule has 150 valence electrons. The molecule has 1 amide bonds. The molecule has 3 atom stereocenters. The van der Waals surface area contributed by atoms with Crippen molar-refractivity contribution in [1.82, 2.24) is 10.2 Å². The zero-order valence-electron chi connectivity index (χ0n) is 17.2. The van der Waals surface area contributed by atoms with E-state index in [0.29, 0.717) is 25.3 Å². The number of carbonyl (C=O) groups is 2. The number of amides is 1. The Morgan fingerprint density at radius 2 is 1.89 bits per heavy atom. The SMILES string of the molecule is CC[C@]1(C(=O)OC)C[C@@H](C(=O)NCC(C)C)[C@@H](c2ccc(OC)cc2)N1C. The topological polar surface area (TPSA) is 67.9 Å². The number of nitrogens with zero attached hydrogens (tertiary/aromatic N) is 1. The summed E-state index contributed by atoms with van der Waals surface area (Å²) in [4.78, 5) is 27.7. The van der Waals surface area contributed by atoms with Gasteiger partial charge in [-0.1, -0.05) is 32.9 Å². The van der Waals surface area contributed by atoms with Crippen molar-refractivity contribution < 1.29 is 19.1 Å². The van der Waals surface area contributed by atoms with Crippen LogP contribution < -0.4 is 10.1 Å². The van der Waals surface area contributed by atoms with Crippen molar-refractivity contribution in [3.8, 4) is 5.75 Å². The lowest BCUT2D eigenvalue weighted by Gasteiger charge is -2.35. The van der Waals surface area contributed by atoms with Gasteiger partial charge >= 0.3 is 5.97 Å². The third-order valence-electron chi connectivity index (χ3n) is 5.66. The van der Waals surface area contributed by atoms with Crippen molar-refractivity contribution in [2.75, 3.05) is 27.8 Å². The molecule has 1 aliphatic heterocycles. The van der Waals surface area contributed by atoms with Gasteiger partial charge in [-0.25, -0.2) is 0 Å². The number of hydrogen-bond acceptors (Lipinski definition) is 5. The van der Waals surface area contributed by atoms with Crippen LogP contribution in [0.4, 0.5) is 0 Å². The Hall–Kier alpha value is -2.08. The van der Waals surface area contributed by atoms with E-state index in [-0.39, 0.29) is 23.8 Å². The highest BCUT2D eigenvalue weighted by atomic mass is 16.5. The van der Waals surface area contributed by atoms with Gasteiger partial charge in [0.15, 0.2) is 0 Å². The van der Waals surface area contributed by atoms with Crippen LogP contribution in [0.1, 0.15) is 45.2 Å². The van der Waals surface area contributed by atoms with Gasteiger partial charge in [-0.15, -0.1) is 0 Å². The molecule has 0 bridgehead atoms. The van der Waals surface area contributed by atoms with Crippen molar-refractivity contribution in [1.29, 1.82) is 0 Å². The molecule has 0 radical (unpaired) electrons. The van der Waals surface area contributed by atoms with Crippen LogP contribution in [-0.2, 0) is 14.3 Å². The molecule has 6 heteroatoms. The smallest absolute Gasteiger partial charge is 0.326 e. The number of methoxy groups -OCH3 is 2. The first-order chi connectivity index (χ1) is 12.8. The van der Waals surface area contributed by atoms with E-state index in [1.54, 1.807) is 7.11 Å². The van der Waals surface area contributed by atoms with Crippen LogP contribution >= 0.6 is 0 Å². The van der Waals surface area contributed by atoms with Gasteiger partial charge in [0, 0.05) is 12.6 Å². The van der Waals surface area contributed by atoms with Gasteiger partial charge in [-0.2, -0.15) is 0 Å². The van der Waals surface area contributed by atoms with Crippen LogP contribution in [0.2, 0.25) is 0 Å². The molecule has 1 saturated heterocycles. The first-order valence-corrected chi connectivity index (χ1v) is 9.53. The molecule has 0 unspecified atom stereocenters. The van der Waals surface area contributed by atoms with E-state index in [1.165, 1.54) is 7.11 Å². The number of esters is 1. The normalized spacial score (nSPS) is 25.4. The Kier molecular flexibility index (Phi) is 6.87. The molecule has 27 heavy (non-hydrogen) atoms. The molecule has 0 aliphatic carbocycles. The van der Waals surface area contributed by atoms with Crippen LogP contribution in [0.3, 0.4) is 0 Å². The van der Waals surface area contributed by atoms with E-state index in [2.05, 4.69) is 19.2 Å². The number of hydrogen-bond donors (Lipinski definition) is 1. The van der Waals surface area contributed by atoms with Crippen LogP contribution in [0.25, 0.3) is 0 Å². The Balaban J connectivity index is 2.42. The number of rotatable bonds is 7. The molecular weight excluding hydrogens is 344 g/mol. The molecule has 0 saturated carbocycles. The monoisotopic (exact) mass is 376 g/mol. The van der Waals surface area contributed by atoms with E-state index in [4.69, 9.17) is 9.47 Å². The fourth-order valence-corrected chi connectivity index (χ4v) is 4.04. The highest BCUT2D eigenvalue weighted by Crippen LogP contribution is 2.48. The predicted molar refractivity (Wildman–Crippen MR) is 104 cm³/mol. The van der Waals surface area contributed by atoms with Crippen molar-refractivity contribution >= 4 is 11.9 Å². The van der Waals surface area contributed by atoms with Crippen molar-refractivity contribution in [3.05, 3.63) is 29.8 Å². The second-order valence-electron chi connectivity index (χ2n) is 7.66. The standard InChI is InChI=1S/C21H32N2O4/c1-7-21(20(25)27-6)12-17(19(24)22-13-14(2)3)18(23(21)4)15-8-10-16(26-5)11-9-15/h8-11,14,17-18H,7,12-13H2,1-6H3,(H,22,24)/t17-,18-,21-/m1/s1. The van der Waals surface area contributed by atoms with E-state index >= 15 is 0 Å². The van der Waals surface area contributed by atoms with Gasteiger partial charge in [0.2, 0.25) is 5.91 Å². The summed E-state index contributed by atoms with van der Waals surface area (Å²) in [7, 11) is 4.94. The van der Waals surface area contributed by atoms with Gasteiger partial charge in [0.1, 0.15) is 11.3 Å². The van der Waals surface area contributed by atoms with Crippen LogP contribution in [0.5, 0.6) is 5.75 Å². The molecule has 1 aliphatic rings. The predicted octanol–water partition coefficient (Wildman–Crippen LogP) is 2.78. The molecule has 6 nitrogen and oxygen atoms in total. The maximum absolute atomic E-state index is 13.0. The molecule has 0 spiro atoms. The summed E-state index contributed by atoms with van der Waals surface area (Å²) in [5, 5.41) is 3.04. The number of ether oxygens (including phenoxy) is 2. The zero-order valence-corrected chi connectivity index (χ0v) is 17.2. The lowest BCUT2D eigenvalue weighted by atomic mass is 9.87. The fourth-order valence-electron chi connectivity index (χ4n) is 4.04. The van der Waals surface area contributed by atoms with Crippen LogP contribution in [-0.4, -0.2) is 50.1 Å². The van der Waals surface area contributed by atoms with Gasteiger partial charge in [-0.05, 0) is 43.5 Å². The van der Waals surface area contributed by atoms with Crippen LogP contribution in [0, 0.1) is 11.8 Å². The molecule has 1 aromatic carbocycles. The van der Waals surface area contributed by atoms with Gasteiger partial charge in [-0.3, -0.25) is 14.5 Å². The minimum absolute atomic E-state index is 0.0180. The highest BCUT2D eigenvalue weighted by Gasteiger charge is 2.56. The summed E-state index contributed by atoms with van der Waals surface area (Å²) in [6, 6.07) is 7.49. The molecule has 0 aromatic heterocycles. The molecule has 1 N–H and O–H groups in total. The molecule has 2 rings (SSSR count). The number of likely N-dealkylation sites (N-methyl/N-ethyl adjacent to an activating group) is 1. The van der Waals surface area contributed by atoms with E-state index in [0.717, 1.165) is 11.3 Å². The van der Waals surface area contributed by atoms with E-state index < -0.39 is 5.54 Å². The maximum atomic E-state index is 13.0. The third-order valence-corrected chi connectivity index (χ3v) is 5.66. The van der Waals surface area contributed by atoms with Gasteiger partial charge < -0.3 is 14.8 Å². The summed E-state index contributed by atoms with van der Waals surface area (Å²) < 4.78 is 10.4. The van der Waals surface area contributed by atoms with Gasteiger partial charge in [0.05, 0.1) is 20.1 Å². The quantitative estimate of drug-likeness (QED) is 0.741. The summed E-state index contributed by atoms with van der Waals surface area (Å²) in [5.74, 6) is 0.487. The number of nitrogens with one attached hydrogen (secondary N) is 1. The zero-order chi connectivity index (χ0) is 20.2. The summed E-state index contributed by atoms with van der Waals surface area (Å²) >= 11 is 0. The summed E-state index contributed by atoms with van der Waals surface area (Å²) in [6.45, 7) is 6.71. The van der Waals surface area contributed by atoms with Crippen molar-refractivity contribution in [3.63, 3.8) is 0 Å². The molecule has 1 aromatic rings. The lowest BCUT2D eigenvalue weighted by molar-refractivity contribution is -0.153. The second-order valence-corrected chi connectivity index (χ2v) is 7.66. The Morgan fingerprint density at radius 1 is 1.26 bits per heavy atom. The Morgan fingerprint density at radius 3 is 2.37 bits per heavy atom. The third kappa shape index (κ3) is 4.10. The summed E-state index contributed by atoms with van der Waals surface area (Å²) in [6.07, 6.45) is 1.02. The number of likely N-dealkylation sites (tertiary alicyclic amines) is 1. The first kappa shape index (κ1) is 21.2. The van der Waals surface area contributed by atoms with Gasteiger partial charge in [0.25, 0.3) is 0 Å². The second kappa shape index (κ2) is 8.74. The van der Waals surface area contributed by atoms with Crippen molar-refractivity contribution in [2.24, 2.45) is 11.8 Å². The van der Waals surface area contributed by atoms with E-state index in [1.807, 2.05) is 43.1 Å². The Bertz CT molecular complexity index is 659. The summed E-state index contributed by atoms with van der Waals surface area (Å²) in [5.41, 5.74) is 0.182. The average Bonchev–Trinajstić information content (AvgIpc) is 2.99. The average molecular weight is 376 g/mol. The lowest BCUT2D eigenvalue weighted by Crippen LogP contribution is -2.49. The molecule has 1 heterocycles. The first-order valence-electron chi connectivity index (χ1n) is 9.53. The largest absolute Gasteiger partial charge is 0.497 e. The minimum atomic E-state index is -0.806. The number of carbonyl (C=O) groups excluding carboxylic acids is 2. The minimum Gasteiger partial charge on any atom is -0.497 e. The number of benzene rings is 1. The van der Waals surface area contributed by atoms with E-state index in [9.17, 15) is 9.59 Å².